The Morgan fingerprint density at radius 3 is 2.28 bits per heavy atom. The van der Waals surface area contributed by atoms with Gasteiger partial charge in [0.05, 0.1) is 0 Å². The lowest BCUT2D eigenvalue weighted by atomic mass is 10.3. The summed E-state index contributed by atoms with van der Waals surface area (Å²) in [5.41, 5.74) is 1.20. The van der Waals surface area contributed by atoms with Gasteiger partial charge in [0.15, 0.2) is 0 Å². The first kappa shape index (κ1) is 13.8. The van der Waals surface area contributed by atoms with Gasteiger partial charge in [0.1, 0.15) is 0 Å². The topological polar surface area (TPSA) is 18.5 Å². The molecular weight excluding hydrogens is 290 g/mol. The number of likely N-dealkylation sites (N-methyl/N-ethyl adjacent to an activating group) is 1. The maximum absolute atomic E-state index is 3.47. The van der Waals surface area contributed by atoms with Gasteiger partial charge in [-0.1, -0.05) is 22.9 Å². The molecule has 3 nitrogen and oxygen atoms in total. The molecule has 0 amide bonds. The van der Waals surface area contributed by atoms with E-state index < -0.39 is 0 Å². The van der Waals surface area contributed by atoms with Crippen LogP contribution in [-0.4, -0.2) is 55.6 Å². The molecule has 18 heavy (non-hydrogen) atoms. The molecule has 0 radical (unpaired) electrons. The second-order valence-electron chi connectivity index (χ2n) is 4.71. The predicted octanol–water partition coefficient (Wildman–Crippen LogP) is 2.50. The van der Waals surface area contributed by atoms with Crippen molar-refractivity contribution < 1.29 is 0 Å². The maximum Gasteiger partial charge on any atom is 0.0341 e. The summed E-state index contributed by atoms with van der Waals surface area (Å²) in [6, 6.07) is 8.36. The molecule has 1 aliphatic rings. The van der Waals surface area contributed by atoms with Crippen molar-refractivity contribution in [3.63, 3.8) is 0 Å². The molecule has 0 unspecified atom stereocenters. The van der Waals surface area contributed by atoms with Crippen molar-refractivity contribution in [1.29, 1.82) is 0 Å². The lowest BCUT2D eigenvalue weighted by Gasteiger charge is -2.34. The summed E-state index contributed by atoms with van der Waals surface area (Å²) in [6.07, 6.45) is 0. The van der Waals surface area contributed by atoms with E-state index in [1.807, 2.05) is 0 Å². The second kappa shape index (κ2) is 7.12. The standard InChI is InChI=1S/C14H22BrN3/c1-2-17-9-11-18(12-10-17)8-7-16-14-5-3-13(15)4-6-14/h3-6,16H,2,7-12H2,1H3. The SMILES string of the molecule is CCN1CCN(CCNc2ccc(Br)cc2)CC1. The van der Waals surface area contributed by atoms with Crippen LogP contribution in [0.15, 0.2) is 28.7 Å². The largest absolute Gasteiger partial charge is 0.384 e. The molecule has 4 heteroatoms. The van der Waals surface area contributed by atoms with Gasteiger partial charge in [0, 0.05) is 49.4 Å². The van der Waals surface area contributed by atoms with Crippen molar-refractivity contribution in [2.45, 2.75) is 6.92 Å². The molecule has 1 heterocycles. The van der Waals surface area contributed by atoms with E-state index in [0.717, 1.165) is 17.6 Å². The summed E-state index contributed by atoms with van der Waals surface area (Å²) in [4.78, 5) is 5.05. The number of hydrogen-bond donors (Lipinski definition) is 1. The Labute approximate surface area is 118 Å². The number of rotatable bonds is 5. The molecule has 1 saturated heterocycles. The minimum absolute atomic E-state index is 1.02. The van der Waals surface area contributed by atoms with Gasteiger partial charge in [-0.2, -0.15) is 0 Å². The zero-order valence-electron chi connectivity index (χ0n) is 11.0. The van der Waals surface area contributed by atoms with Crippen molar-refractivity contribution >= 4 is 21.6 Å². The molecule has 0 atom stereocenters. The Hall–Kier alpha value is -0.580. The molecule has 2 rings (SSSR count). The van der Waals surface area contributed by atoms with Gasteiger partial charge in [0.2, 0.25) is 0 Å². The van der Waals surface area contributed by atoms with E-state index in [1.165, 1.54) is 38.4 Å². The van der Waals surface area contributed by atoms with E-state index in [1.54, 1.807) is 0 Å². The Morgan fingerprint density at radius 1 is 1.06 bits per heavy atom. The Kier molecular flexibility index (Phi) is 5.47. The normalized spacial score (nSPS) is 17.9. The summed E-state index contributed by atoms with van der Waals surface area (Å²) < 4.78 is 1.13. The van der Waals surface area contributed by atoms with Crippen LogP contribution in [0.4, 0.5) is 5.69 Å². The fourth-order valence-electron chi connectivity index (χ4n) is 2.26. The third-order valence-electron chi connectivity index (χ3n) is 3.51. The zero-order valence-corrected chi connectivity index (χ0v) is 12.6. The number of halogens is 1. The molecule has 0 bridgehead atoms. The van der Waals surface area contributed by atoms with Crippen molar-refractivity contribution in [3.05, 3.63) is 28.7 Å². The first-order chi connectivity index (χ1) is 8.78. The minimum atomic E-state index is 1.02. The van der Waals surface area contributed by atoms with Crippen LogP contribution in [0.1, 0.15) is 6.92 Å². The average molecular weight is 312 g/mol. The van der Waals surface area contributed by atoms with E-state index in [4.69, 9.17) is 0 Å². The van der Waals surface area contributed by atoms with E-state index in [9.17, 15) is 0 Å². The number of nitrogens with one attached hydrogen (secondary N) is 1. The fourth-order valence-corrected chi connectivity index (χ4v) is 2.52. The van der Waals surface area contributed by atoms with Crippen LogP contribution in [-0.2, 0) is 0 Å². The highest BCUT2D eigenvalue weighted by Gasteiger charge is 2.14. The lowest BCUT2D eigenvalue weighted by Crippen LogP contribution is -2.47. The molecule has 0 saturated carbocycles. The molecule has 0 spiro atoms. The average Bonchev–Trinajstić information content (AvgIpc) is 2.42. The number of hydrogen-bond acceptors (Lipinski definition) is 3. The van der Waals surface area contributed by atoms with Gasteiger partial charge in [0.25, 0.3) is 0 Å². The number of anilines is 1. The first-order valence-corrected chi connectivity index (χ1v) is 7.51. The number of benzene rings is 1. The van der Waals surface area contributed by atoms with Crippen molar-refractivity contribution in [2.75, 3.05) is 51.1 Å². The Morgan fingerprint density at radius 2 is 1.67 bits per heavy atom. The van der Waals surface area contributed by atoms with Gasteiger partial charge in [-0.15, -0.1) is 0 Å². The molecule has 1 aliphatic heterocycles. The Balaban J connectivity index is 1.65. The van der Waals surface area contributed by atoms with Crippen molar-refractivity contribution in [1.82, 2.24) is 9.80 Å². The van der Waals surface area contributed by atoms with Gasteiger partial charge >= 0.3 is 0 Å². The highest BCUT2D eigenvalue weighted by molar-refractivity contribution is 9.10. The summed E-state index contributed by atoms with van der Waals surface area (Å²) >= 11 is 3.45. The minimum Gasteiger partial charge on any atom is -0.384 e. The van der Waals surface area contributed by atoms with Gasteiger partial charge in [-0.3, -0.25) is 4.90 Å². The van der Waals surface area contributed by atoms with Gasteiger partial charge < -0.3 is 10.2 Å². The second-order valence-corrected chi connectivity index (χ2v) is 5.63. The van der Waals surface area contributed by atoms with Crippen LogP contribution < -0.4 is 5.32 Å². The van der Waals surface area contributed by atoms with Crippen LogP contribution >= 0.6 is 15.9 Å². The third kappa shape index (κ3) is 4.26. The lowest BCUT2D eigenvalue weighted by molar-refractivity contribution is 0.141. The quantitative estimate of drug-likeness (QED) is 0.901. The summed E-state index contributed by atoms with van der Waals surface area (Å²) in [6.45, 7) is 10.4. The number of nitrogens with zero attached hydrogens (tertiary/aromatic N) is 2. The smallest absolute Gasteiger partial charge is 0.0341 e. The summed E-state index contributed by atoms with van der Waals surface area (Å²) in [7, 11) is 0. The molecule has 1 fully saturated rings. The molecule has 100 valence electrons. The van der Waals surface area contributed by atoms with E-state index in [0.29, 0.717) is 0 Å². The van der Waals surface area contributed by atoms with Crippen molar-refractivity contribution in [3.8, 4) is 0 Å². The van der Waals surface area contributed by atoms with Crippen LogP contribution in [0.3, 0.4) is 0 Å². The van der Waals surface area contributed by atoms with Crippen LogP contribution in [0.2, 0.25) is 0 Å². The molecule has 0 aliphatic carbocycles. The Bertz CT molecular complexity index is 345. The monoisotopic (exact) mass is 311 g/mol. The van der Waals surface area contributed by atoms with Gasteiger partial charge in [-0.05, 0) is 30.8 Å². The van der Waals surface area contributed by atoms with Crippen LogP contribution in [0.5, 0.6) is 0 Å². The molecule has 0 aromatic heterocycles. The molecule has 1 aromatic rings. The van der Waals surface area contributed by atoms with Crippen molar-refractivity contribution in [2.24, 2.45) is 0 Å². The molecular formula is C14H22BrN3. The van der Waals surface area contributed by atoms with Crippen LogP contribution in [0.25, 0.3) is 0 Å². The number of piperazine rings is 1. The van der Waals surface area contributed by atoms with E-state index in [2.05, 4.69) is 62.2 Å². The third-order valence-corrected chi connectivity index (χ3v) is 4.04. The summed E-state index contributed by atoms with van der Waals surface area (Å²) in [5, 5.41) is 3.47. The summed E-state index contributed by atoms with van der Waals surface area (Å²) in [5.74, 6) is 0. The van der Waals surface area contributed by atoms with E-state index in [-0.39, 0.29) is 0 Å². The maximum atomic E-state index is 3.47. The molecule has 1 aromatic carbocycles. The molecule has 1 N–H and O–H groups in total. The highest BCUT2D eigenvalue weighted by Crippen LogP contribution is 2.13. The first-order valence-electron chi connectivity index (χ1n) is 6.72. The predicted molar refractivity (Wildman–Crippen MR) is 81.2 cm³/mol. The van der Waals surface area contributed by atoms with Crippen LogP contribution in [0, 0.1) is 0 Å². The zero-order chi connectivity index (χ0) is 12.8. The highest BCUT2D eigenvalue weighted by atomic mass is 79.9. The fraction of sp³-hybridized carbons (Fsp3) is 0.571. The van der Waals surface area contributed by atoms with Gasteiger partial charge in [-0.25, -0.2) is 0 Å². The van der Waals surface area contributed by atoms with E-state index >= 15 is 0 Å².